The zero-order valence-corrected chi connectivity index (χ0v) is 10.3. The lowest BCUT2D eigenvalue weighted by molar-refractivity contribution is -0.0133. The van der Waals surface area contributed by atoms with Crippen LogP contribution >= 0.6 is 0 Å². The van der Waals surface area contributed by atoms with Crippen molar-refractivity contribution in [3.8, 4) is 0 Å². The van der Waals surface area contributed by atoms with Gasteiger partial charge >= 0.3 is 0 Å². The molecule has 0 bridgehead atoms. The zero-order chi connectivity index (χ0) is 11.2. The van der Waals surface area contributed by atoms with E-state index in [4.69, 9.17) is 10.6 Å². The van der Waals surface area contributed by atoms with E-state index in [0.717, 1.165) is 12.3 Å². The molecule has 0 radical (unpaired) electrons. The summed E-state index contributed by atoms with van der Waals surface area (Å²) < 4.78 is 5.41. The van der Waals surface area contributed by atoms with Gasteiger partial charge in [-0.25, -0.2) is 0 Å². The molecule has 3 heteroatoms. The molecule has 0 aliphatic rings. The van der Waals surface area contributed by atoms with E-state index in [1.54, 1.807) is 7.11 Å². The van der Waals surface area contributed by atoms with Gasteiger partial charge in [0.2, 0.25) is 0 Å². The Labute approximate surface area is 88.4 Å². The molecule has 0 aromatic rings. The minimum Gasteiger partial charge on any atom is -0.377 e. The molecule has 14 heavy (non-hydrogen) atoms. The van der Waals surface area contributed by atoms with Crippen molar-refractivity contribution in [1.29, 1.82) is 0 Å². The molecular formula is C11H26N2O. The van der Waals surface area contributed by atoms with Gasteiger partial charge in [-0.05, 0) is 26.2 Å². The first-order chi connectivity index (χ1) is 6.44. The smallest absolute Gasteiger partial charge is 0.0788 e. The Kier molecular flexibility index (Phi) is 6.33. The predicted molar refractivity (Wildman–Crippen MR) is 60.9 cm³/mol. The molecule has 3 N–H and O–H groups in total. The lowest BCUT2D eigenvalue weighted by Gasteiger charge is -2.32. The molecule has 86 valence electrons. The molecule has 0 saturated heterocycles. The molecule has 0 aliphatic heterocycles. The molecule has 0 aromatic carbocycles. The number of hydrogen-bond acceptors (Lipinski definition) is 3. The Balaban J connectivity index is 3.91. The van der Waals surface area contributed by atoms with Crippen LogP contribution in [0.3, 0.4) is 0 Å². The topological polar surface area (TPSA) is 47.3 Å². The maximum Gasteiger partial charge on any atom is 0.0788 e. The maximum atomic E-state index is 5.52. The van der Waals surface area contributed by atoms with Gasteiger partial charge in [0, 0.05) is 13.2 Å². The monoisotopic (exact) mass is 202 g/mol. The number of methoxy groups -OCH3 is 1. The van der Waals surface area contributed by atoms with Gasteiger partial charge in [-0.2, -0.15) is 0 Å². The van der Waals surface area contributed by atoms with Crippen molar-refractivity contribution < 1.29 is 4.74 Å². The lowest BCUT2D eigenvalue weighted by atomic mass is 9.92. The number of nitrogens with one attached hydrogen (secondary N) is 1. The Hall–Kier alpha value is -0.120. The Bertz CT molecular complexity index is 146. The summed E-state index contributed by atoms with van der Waals surface area (Å²) in [5.74, 6) is 6.28. The Morgan fingerprint density at radius 2 is 1.86 bits per heavy atom. The van der Waals surface area contributed by atoms with E-state index in [0.29, 0.717) is 0 Å². The van der Waals surface area contributed by atoms with Crippen molar-refractivity contribution in [1.82, 2.24) is 5.43 Å². The van der Waals surface area contributed by atoms with Crippen molar-refractivity contribution in [2.75, 3.05) is 7.11 Å². The largest absolute Gasteiger partial charge is 0.377 e. The van der Waals surface area contributed by atoms with E-state index in [9.17, 15) is 0 Å². The highest BCUT2D eigenvalue weighted by Crippen LogP contribution is 2.19. The average molecular weight is 202 g/mol. The van der Waals surface area contributed by atoms with Crippen molar-refractivity contribution in [2.24, 2.45) is 11.8 Å². The number of ether oxygens (including phenoxy) is 1. The van der Waals surface area contributed by atoms with Crippen molar-refractivity contribution in [2.45, 2.75) is 58.6 Å². The molecule has 0 fully saturated rings. The third kappa shape index (κ3) is 4.94. The second kappa shape index (κ2) is 6.38. The fraction of sp³-hybridized carbons (Fsp3) is 1.00. The molecule has 0 aromatic heterocycles. The van der Waals surface area contributed by atoms with Crippen molar-refractivity contribution in [3.05, 3.63) is 0 Å². The summed E-state index contributed by atoms with van der Waals surface area (Å²) in [6.45, 7) is 8.61. The Morgan fingerprint density at radius 1 is 1.29 bits per heavy atom. The van der Waals surface area contributed by atoms with Gasteiger partial charge in [0.05, 0.1) is 5.60 Å². The van der Waals surface area contributed by atoms with E-state index in [1.807, 2.05) is 0 Å². The van der Waals surface area contributed by atoms with Crippen LogP contribution in [0.1, 0.15) is 47.0 Å². The zero-order valence-electron chi connectivity index (χ0n) is 10.3. The number of rotatable bonds is 7. The second-order valence-corrected chi connectivity index (χ2v) is 4.85. The van der Waals surface area contributed by atoms with Crippen molar-refractivity contribution in [3.63, 3.8) is 0 Å². The van der Waals surface area contributed by atoms with Crippen LogP contribution in [0.2, 0.25) is 0 Å². The summed E-state index contributed by atoms with van der Waals surface area (Å²) in [5, 5.41) is 0. The first kappa shape index (κ1) is 13.9. The van der Waals surface area contributed by atoms with Gasteiger partial charge in [-0.15, -0.1) is 0 Å². The van der Waals surface area contributed by atoms with E-state index in [-0.39, 0.29) is 11.6 Å². The quantitative estimate of drug-likeness (QED) is 0.491. The summed E-state index contributed by atoms with van der Waals surface area (Å²) >= 11 is 0. The highest BCUT2D eigenvalue weighted by Gasteiger charge is 2.27. The van der Waals surface area contributed by atoms with Crippen LogP contribution < -0.4 is 11.3 Å². The third-order valence-corrected chi connectivity index (χ3v) is 2.84. The summed E-state index contributed by atoms with van der Waals surface area (Å²) in [5.41, 5.74) is 2.65. The van der Waals surface area contributed by atoms with Crippen LogP contribution in [0.25, 0.3) is 0 Å². The standard InChI is InChI=1S/C11H26N2O/c1-9(2)7-6-8-10(13-12)11(3,4)14-5/h9-10,13H,6-8,12H2,1-5H3. The van der Waals surface area contributed by atoms with E-state index in [1.165, 1.54) is 12.8 Å². The summed E-state index contributed by atoms with van der Waals surface area (Å²) in [6, 6.07) is 0.228. The molecule has 0 saturated carbocycles. The first-order valence-corrected chi connectivity index (χ1v) is 5.45. The molecular weight excluding hydrogens is 176 g/mol. The van der Waals surface area contributed by atoms with Crippen LogP contribution in [-0.4, -0.2) is 18.8 Å². The lowest BCUT2D eigenvalue weighted by Crippen LogP contribution is -2.50. The van der Waals surface area contributed by atoms with E-state index >= 15 is 0 Å². The number of nitrogens with two attached hydrogens (primary N) is 1. The molecule has 0 aliphatic carbocycles. The van der Waals surface area contributed by atoms with E-state index < -0.39 is 0 Å². The summed E-state index contributed by atoms with van der Waals surface area (Å²) in [7, 11) is 1.73. The van der Waals surface area contributed by atoms with Crippen LogP contribution in [0, 0.1) is 5.92 Å². The fourth-order valence-corrected chi connectivity index (χ4v) is 1.50. The van der Waals surface area contributed by atoms with Gasteiger partial charge in [0.25, 0.3) is 0 Å². The Morgan fingerprint density at radius 3 is 2.21 bits per heavy atom. The van der Waals surface area contributed by atoms with Crippen molar-refractivity contribution >= 4 is 0 Å². The van der Waals surface area contributed by atoms with Crippen LogP contribution in [0.15, 0.2) is 0 Å². The average Bonchev–Trinajstić information content (AvgIpc) is 2.11. The molecule has 0 amide bonds. The molecule has 0 spiro atoms. The fourth-order valence-electron chi connectivity index (χ4n) is 1.50. The van der Waals surface area contributed by atoms with Gasteiger partial charge < -0.3 is 4.74 Å². The molecule has 0 rings (SSSR count). The van der Waals surface area contributed by atoms with Gasteiger partial charge in [-0.1, -0.05) is 26.7 Å². The summed E-state index contributed by atoms with van der Waals surface area (Å²) in [6.07, 6.45) is 3.51. The van der Waals surface area contributed by atoms with Gasteiger partial charge in [0.15, 0.2) is 0 Å². The molecule has 1 atom stereocenters. The third-order valence-electron chi connectivity index (χ3n) is 2.84. The number of hydrogen-bond donors (Lipinski definition) is 2. The SMILES string of the molecule is COC(C)(C)C(CCCC(C)C)NN. The maximum absolute atomic E-state index is 5.52. The first-order valence-electron chi connectivity index (χ1n) is 5.45. The van der Waals surface area contributed by atoms with Gasteiger partial charge in [-0.3, -0.25) is 11.3 Å². The normalized spacial score (nSPS) is 14.8. The highest BCUT2D eigenvalue weighted by atomic mass is 16.5. The molecule has 1 unspecified atom stereocenters. The molecule has 0 heterocycles. The minimum absolute atomic E-state index is 0.189. The van der Waals surface area contributed by atoms with Crippen LogP contribution in [-0.2, 0) is 4.74 Å². The van der Waals surface area contributed by atoms with Crippen LogP contribution in [0.4, 0.5) is 0 Å². The minimum atomic E-state index is -0.189. The van der Waals surface area contributed by atoms with Gasteiger partial charge in [0.1, 0.15) is 0 Å². The predicted octanol–water partition coefficient (Wildman–Crippen LogP) is 2.07. The highest BCUT2D eigenvalue weighted by molar-refractivity contribution is 4.83. The molecule has 3 nitrogen and oxygen atoms in total. The number of hydrazine groups is 1. The summed E-state index contributed by atoms with van der Waals surface area (Å²) in [4.78, 5) is 0. The second-order valence-electron chi connectivity index (χ2n) is 4.85. The van der Waals surface area contributed by atoms with Crippen LogP contribution in [0.5, 0.6) is 0 Å². The van der Waals surface area contributed by atoms with E-state index in [2.05, 4.69) is 33.1 Å².